The minimum atomic E-state index is 0.510. The van der Waals surface area contributed by atoms with Gasteiger partial charge in [0.05, 0.1) is 17.9 Å². The Morgan fingerprint density at radius 3 is 2.62 bits per heavy atom. The molecule has 0 unspecified atom stereocenters. The van der Waals surface area contributed by atoms with Crippen LogP contribution < -0.4 is 0 Å². The molecule has 0 bridgehead atoms. The van der Waals surface area contributed by atoms with E-state index in [1.165, 1.54) is 12.8 Å². The number of halogens is 1. The smallest absolute Gasteiger partial charge is 0.0950 e. The molecule has 0 amide bonds. The molecule has 0 fully saturated rings. The zero-order valence-electron chi connectivity index (χ0n) is 8.33. The van der Waals surface area contributed by atoms with Gasteiger partial charge in [-0.2, -0.15) is 0 Å². The van der Waals surface area contributed by atoms with Crippen molar-refractivity contribution < 1.29 is 0 Å². The number of alkyl halides is 1. The van der Waals surface area contributed by atoms with Gasteiger partial charge >= 0.3 is 0 Å². The van der Waals surface area contributed by atoms with Crippen LogP contribution in [0.25, 0.3) is 0 Å². The van der Waals surface area contributed by atoms with Gasteiger partial charge in [-0.05, 0) is 5.92 Å². The second-order valence-electron chi connectivity index (χ2n) is 3.38. The van der Waals surface area contributed by atoms with E-state index in [1.54, 1.807) is 0 Å². The molecule has 74 valence electrons. The lowest BCUT2D eigenvalue weighted by atomic mass is 10.0. The molecule has 1 aromatic heterocycles. The van der Waals surface area contributed by atoms with Crippen LogP contribution in [0.2, 0.25) is 0 Å². The summed E-state index contributed by atoms with van der Waals surface area (Å²) in [7, 11) is 0. The van der Waals surface area contributed by atoms with Gasteiger partial charge in [-0.3, -0.25) is 0 Å². The Morgan fingerprint density at radius 1 is 1.46 bits per heavy atom. The van der Waals surface area contributed by atoms with E-state index < -0.39 is 0 Å². The summed E-state index contributed by atoms with van der Waals surface area (Å²) < 4.78 is 2.13. The van der Waals surface area contributed by atoms with E-state index in [0.29, 0.717) is 5.88 Å². The van der Waals surface area contributed by atoms with Gasteiger partial charge < -0.3 is 4.57 Å². The van der Waals surface area contributed by atoms with Gasteiger partial charge in [-0.15, -0.1) is 11.6 Å². The second kappa shape index (κ2) is 5.28. The Kier molecular flexibility index (Phi) is 4.29. The minimum Gasteiger partial charge on any atom is -0.337 e. The highest BCUT2D eigenvalue weighted by Gasteiger charge is 2.04. The summed E-state index contributed by atoms with van der Waals surface area (Å²) in [5.41, 5.74) is 0.965. The first kappa shape index (κ1) is 10.6. The topological polar surface area (TPSA) is 17.8 Å². The summed E-state index contributed by atoms with van der Waals surface area (Å²) in [5.74, 6) is 1.27. The van der Waals surface area contributed by atoms with E-state index in [0.717, 1.165) is 18.2 Å². The molecule has 0 saturated carbocycles. The lowest BCUT2D eigenvalue weighted by Crippen LogP contribution is -2.07. The Bertz CT molecular complexity index is 241. The number of imidazole rings is 1. The molecule has 0 aromatic carbocycles. The van der Waals surface area contributed by atoms with Crippen molar-refractivity contribution in [1.29, 1.82) is 0 Å². The molecule has 0 spiro atoms. The van der Waals surface area contributed by atoms with Gasteiger partial charge in [-0.25, -0.2) is 4.98 Å². The van der Waals surface area contributed by atoms with E-state index in [2.05, 4.69) is 23.4 Å². The van der Waals surface area contributed by atoms with Crippen molar-refractivity contribution in [2.75, 3.05) is 0 Å². The van der Waals surface area contributed by atoms with Gasteiger partial charge in [-0.1, -0.05) is 26.7 Å². The van der Waals surface area contributed by atoms with Crippen LogP contribution in [0.3, 0.4) is 0 Å². The van der Waals surface area contributed by atoms with Crippen LogP contribution in [0, 0.1) is 5.92 Å². The molecule has 0 aliphatic heterocycles. The summed E-state index contributed by atoms with van der Waals surface area (Å²) in [6, 6.07) is 0. The summed E-state index contributed by atoms with van der Waals surface area (Å²) in [6.45, 7) is 5.53. The standard InChI is InChI=1S/C10H17ClN2/c1-3-9(4-2)6-13-7-10(5-11)12-8-13/h7-9H,3-6H2,1-2H3. The molecule has 1 heterocycles. The van der Waals surface area contributed by atoms with Crippen molar-refractivity contribution in [3.05, 3.63) is 18.2 Å². The molecule has 0 saturated heterocycles. The monoisotopic (exact) mass is 200 g/mol. The maximum Gasteiger partial charge on any atom is 0.0950 e. The Labute approximate surface area is 84.9 Å². The summed E-state index contributed by atoms with van der Waals surface area (Å²) in [6.07, 6.45) is 6.36. The Hall–Kier alpha value is -0.500. The van der Waals surface area contributed by atoms with E-state index in [4.69, 9.17) is 11.6 Å². The number of rotatable bonds is 5. The molecular formula is C10H17ClN2. The van der Waals surface area contributed by atoms with Gasteiger partial charge in [0.25, 0.3) is 0 Å². The fourth-order valence-electron chi connectivity index (χ4n) is 1.42. The summed E-state index contributed by atoms with van der Waals surface area (Å²) in [4.78, 5) is 4.19. The molecule has 0 N–H and O–H groups in total. The largest absolute Gasteiger partial charge is 0.337 e. The van der Waals surface area contributed by atoms with E-state index >= 15 is 0 Å². The molecule has 1 rings (SSSR count). The van der Waals surface area contributed by atoms with Crippen LogP contribution in [-0.4, -0.2) is 9.55 Å². The van der Waals surface area contributed by atoms with Gasteiger partial charge in [0.1, 0.15) is 0 Å². The quantitative estimate of drug-likeness (QED) is 0.669. The van der Waals surface area contributed by atoms with E-state index in [9.17, 15) is 0 Å². The normalized spacial score (nSPS) is 11.1. The predicted molar refractivity (Wildman–Crippen MR) is 55.9 cm³/mol. The Balaban J connectivity index is 2.52. The van der Waals surface area contributed by atoms with Crippen LogP contribution in [-0.2, 0) is 12.4 Å². The zero-order chi connectivity index (χ0) is 9.68. The number of nitrogens with zero attached hydrogens (tertiary/aromatic N) is 2. The van der Waals surface area contributed by atoms with Crippen molar-refractivity contribution in [1.82, 2.24) is 9.55 Å². The zero-order valence-corrected chi connectivity index (χ0v) is 9.09. The SMILES string of the molecule is CCC(CC)Cn1cnc(CCl)c1. The van der Waals surface area contributed by atoms with Crippen molar-refractivity contribution in [3.63, 3.8) is 0 Å². The third-order valence-electron chi connectivity index (χ3n) is 2.45. The molecule has 0 aliphatic carbocycles. The lowest BCUT2D eigenvalue weighted by Gasteiger charge is -2.11. The Morgan fingerprint density at radius 2 is 2.15 bits per heavy atom. The maximum atomic E-state index is 5.67. The third kappa shape index (κ3) is 3.03. The first-order valence-electron chi connectivity index (χ1n) is 4.86. The third-order valence-corrected chi connectivity index (χ3v) is 2.72. The molecule has 13 heavy (non-hydrogen) atoms. The van der Waals surface area contributed by atoms with Crippen molar-refractivity contribution in [2.45, 2.75) is 39.1 Å². The summed E-state index contributed by atoms with van der Waals surface area (Å²) in [5, 5.41) is 0. The summed E-state index contributed by atoms with van der Waals surface area (Å²) >= 11 is 5.67. The molecule has 3 heteroatoms. The van der Waals surface area contributed by atoms with Crippen LogP contribution in [0.5, 0.6) is 0 Å². The number of aromatic nitrogens is 2. The second-order valence-corrected chi connectivity index (χ2v) is 3.65. The highest BCUT2D eigenvalue weighted by molar-refractivity contribution is 6.16. The molecule has 0 radical (unpaired) electrons. The molecule has 1 aromatic rings. The number of hydrogen-bond acceptors (Lipinski definition) is 1. The van der Waals surface area contributed by atoms with Crippen LogP contribution in [0.15, 0.2) is 12.5 Å². The highest BCUT2D eigenvalue weighted by atomic mass is 35.5. The van der Waals surface area contributed by atoms with Gasteiger partial charge in [0.2, 0.25) is 0 Å². The maximum absolute atomic E-state index is 5.67. The lowest BCUT2D eigenvalue weighted by molar-refractivity contribution is 0.418. The highest BCUT2D eigenvalue weighted by Crippen LogP contribution is 2.11. The van der Waals surface area contributed by atoms with Crippen LogP contribution >= 0.6 is 11.6 Å². The van der Waals surface area contributed by atoms with Crippen LogP contribution in [0.1, 0.15) is 32.4 Å². The molecular weight excluding hydrogens is 184 g/mol. The van der Waals surface area contributed by atoms with Crippen molar-refractivity contribution in [3.8, 4) is 0 Å². The van der Waals surface area contributed by atoms with E-state index in [1.807, 2.05) is 12.5 Å². The average molecular weight is 201 g/mol. The first-order valence-corrected chi connectivity index (χ1v) is 5.40. The van der Waals surface area contributed by atoms with Gasteiger partial charge in [0.15, 0.2) is 0 Å². The first-order chi connectivity index (χ1) is 6.30. The molecule has 0 atom stereocenters. The van der Waals surface area contributed by atoms with Crippen molar-refractivity contribution >= 4 is 11.6 Å². The average Bonchev–Trinajstić information content (AvgIpc) is 2.61. The van der Waals surface area contributed by atoms with Gasteiger partial charge in [0, 0.05) is 12.7 Å². The fourth-order valence-corrected chi connectivity index (χ4v) is 1.56. The fraction of sp³-hybridized carbons (Fsp3) is 0.700. The van der Waals surface area contributed by atoms with Crippen molar-refractivity contribution in [2.24, 2.45) is 5.92 Å². The number of hydrogen-bond donors (Lipinski definition) is 0. The minimum absolute atomic E-state index is 0.510. The molecule has 2 nitrogen and oxygen atoms in total. The molecule has 0 aliphatic rings. The van der Waals surface area contributed by atoms with Crippen LogP contribution in [0.4, 0.5) is 0 Å². The predicted octanol–water partition coefficient (Wildman–Crippen LogP) is 3.06. The van der Waals surface area contributed by atoms with E-state index in [-0.39, 0.29) is 0 Å².